The van der Waals surface area contributed by atoms with Crippen molar-refractivity contribution in [3.05, 3.63) is 0 Å². The summed E-state index contributed by atoms with van der Waals surface area (Å²) in [7, 11) is 0. The molecule has 0 aliphatic heterocycles. The summed E-state index contributed by atoms with van der Waals surface area (Å²) >= 11 is 0. The largest absolute Gasteiger partial charge is 0.505 e. The van der Waals surface area contributed by atoms with Crippen LogP contribution < -0.4 is 0 Å². The number of hydrogen-bond donors (Lipinski definition) is 2. The van der Waals surface area contributed by atoms with E-state index in [-0.39, 0.29) is 16.5 Å². The zero-order valence-electron chi connectivity index (χ0n) is 10.1. The van der Waals surface area contributed by atoms with Crippen LogP contribution in [-0.2, 0) is 26.0 Å². The molecular formula is C10H20NiO6. The summed E-state index contributed by atoms with van der Waals surface area (Å²) in [4.78, 5) is 19.3. The maximum Gasteiger partial charge on any atom is 0.505 e. The molecule has 0 aromatic carbocycles. The first kappa shape index (κ1) is 21.3. The van der Waals surface area contributed by atoms with Crippen molar-refractivity contribution in [3.63, 3.8) is 0 Å². The van der Waals surface area contributed by atoms with Crippen LogP contribution in [0.5, 0.6) is 0 Å². The van der Waals surface area contributed by atoms with Gasteiger partial charge in [-0.15, -0.1) is 0 Å². The van der Waals surface area contributed by atoms with Crippen molar-refractivity contribution in [2.45, 2.75) is 39.5 Å². The van der Waals surface area contributed by atoms with Gasteiger partial charge in [-0.2, -0.15) is 0 Å². The molecule has 0 rings (SSSR count). The molecule has 17 heavy (non-hydrogen) atoms. The molecule has 0 atom stereocenters. The second-order valence-corrected chi connectivity index (χ2v) is 2.94. The molecule has 7 heteroatoms. The third kappa shape index (κ3) is 31.3. The molecule has 0 unspecified atom stereocenters. The van der Waals surface area contributed by atoms with Crippen LogP contribution in [0.4, 0.5) is 9.59 Å². The van der Waals surface area contributed by atoms with Crippen molar-refractivity contribution in [1.82, 2.24) is 0 Å². The number of carbonyl (C=O) groups is 2. The standard InChI is InChI=1S/2C5H10O3.Ni/c2*1-2-3-4-8-5(6)7;/h2*2-4H2,1H3,(H,6,7);. The molecule has 0 aromatic rings. The van der Waals surface area contributed by atoms with Crippen LogP contribution in [0.2, 0.25) is 0 Å². The molecule has 0 saturated carbocycles. The van der Waals surface area contributed by atoms with E-state index in [1.807, 2.05) is 13.8 Å². The van der Waals surface area contributed by atoms with Gasteiger partial charge in [0.25, 0.3) is 0 Å². The third-order valence-corrected chi connectivity index (χ3v) is 1.45. The Kier molecular flexibility index (Phi) is 21.9. The number of hydrogen-bond acceptors (Lipinski definition) is 4. The minimum atomic E-state index is -1.18. The number of carboxylic acid groups (broad SMARTS) is 2. The molecule has 0 spiro atoms. The van der Waals surface area contributed by atoms with Crippen molar-refractivity contribution in [2.75, 3.05) is 13.2 Å². The molecule has 0 aromatic heterocycles. The topological polar surface area (TPSA) is 93.1 Å². The summed E-state index contributed by atoms with van der Waals surface area (Å²) in [6.07, 6.45) is 1.19. The predicted molar refractivity (Wildman–Crippen MR) is 57.8 cm³/mol. The third-order valence-electron chi connectivity index (χ3n) is 1.45. The molecule has 0 bridgehead atoms. The zero-order valence-corrected chi connectivity index (χ0v) is 11.1. The van der Waals surface area contributed by atoms with E-state index in [0.29, 0.717) is 13.2 Å². The second kappa shape index (κ2) is 17.4. The molecule has 0 fully saturated rings. The van der Waals surface area contributed by atoms with Gasteiger partial charge >= 0.3 is 12.3 Å². The van der Waals surface area contributed by atoms with Crippen molar-refractivity contribution in [2.24, 2.45) is 0 Å². The molecule has 2 N–H and O–H groups in total. The number of unbranched alkanes of at least 4 members (excludes halogenated alkanes) is 2. The van der Waals surface area contributed by atoms with Crippen molar-refractivity contribution in [3.8, 4) is 0 Å². The molecule has 0 saturated heterocycles. The van der Waals surface area contributed by atoms with Gasteiger partial charge in [-0.25, -0.2) is 9.59 Å². The van der Waals surface area contributed by atoms with Gasteiger partial charge in [0.15, 0.2) is 0 Å². The van der Waals surface area contributed by atoms with Crippen molar-refractivity contribution < 1.29 is 45.8 Å². The van der Waals surface area contributed by atoms with E-state index < -0.39 is 12.3 Å². The van der Waals surface area contributed by atoms with Gasteiger partial charge in [0.05, 0.1) is 13.2 Å². The van der Waals surface area contributed by atoms with Gasteiger partial charge in [-0.05, 0) is 12.8 Å². The number of ether oxygens (including phenoxy) is 2. The van der Waals surface area contributed by atoms with Gasteiger partial charge in [0, 0.05) is 16.5 Å². The minimum Gasteiger partial charge on any atom is -0.450 e. The van der Waals surface area contributed by atoms with E-state index in [0.717, 1.165) is 25.7 Å². The van der Waals surface area contributed by atoms with Crippen LogP contribution in [-0.4, -0.2) is 35.7 Å². The average molecular weight is 295 g/mol. The Morgan fingerprint density at radius 2 is 1.18 bits per heavy atom. The molecular weight excluding hydrogens is 275 g/mol. The molecule has 0 heterocycles. The Labute approximate surface area is 111 Å². The fraction of sp³-hybridized carbons (Fsp3) is 0.800. The Bertz CT molecular complexity index is 166. The molecule has 0 amide bonds. The van der Waals surface area contributed by atoms with Crippen LogP contribution in [0.15, 0.2) is 0 Å². The van der Waals surface area contributed by atoms with Gasteiger partial charge in [-0.1, -0.05) is 26.7 Å². The van der Waals surface area contributed by atoms with E-state index in [1.165, 1.54) is 0 Å². The van der Waals surface area contributed by atoms with Crippen LogP contribution in [0.3, 0.4) is 0 Å². The average Bonchev–Trinajstić information content (AvgIpc) is 2.18. The van der Waals surface area contributed by atoms with Gasteiger partial charge in [0.1, 0.15) is 0 Å². The second-order valence-electron chi connectivity index (χ2n) is 2.94. The summed E-state index contributed by atoms with van der Waals surface area (Å²) < 4.78 is 8.40. The zero-order chi connectivity index (χ0) is 12.8. The van der Waals surface area contributed by atoms with Crippen LogP contribution in [0.1, 0.15) is 39.5 Å². The fourth-order valence-corrected chi connectivity index (χ4v) is 0.608. The first-order valence-electron chi connectivity index (χ1n) is 5.26. The van der Waals surface area contributed by atoms with E-state index in [2.05, 4.69) is 9.47 Å². The Morgan fingerprint density at radius 3 is 1.35 bits per heavy atom. The van der Waals surface area contributed by atoms with Crippen LogP contribution in [0.25, 0.3) is 0 Å². The van der Waals surface area contributed by atoms with E-state index >= 15 is 0 Å². The summed E-state index contributed by atoms with van der Waals surface area (Å²) in [5.41, 5.74) is 0. The molecule has 0 aliphatic carbocycles. The first-order chi connectivity index (χ1) is 7.54. The smallest absolute Gasteiger partial charge is 0.450 e. The van der Waals surface area contributed by atoms with Crippen LogP contribution in [0, 0.1) is 0 Å². The summed E-state index contributed by atoms with van der Waals surface area (Å²) in [6, 6.07) is 0. The van der Waals surface area contributed by atoms with Gasteiger partial charge in [0.2, 0.25) is 0 Å². The quantitative estimate of drug-likeness (QED) is 0.444. The Balaban J connectivity index is -0.000000218. The van der Waals surface area contributed by atoms with E-state index in [9.17, 15) is 9.59 Å². The predicted octanol–water partition coefficient (Wildman–Crippen LogP) is 2.96. The van der Waals surface area contributed by atoms with Gasteiger partial charge < -0.3 is 19.7 Å². The normalized spacial score (nSPS) is 8.12. The van der Waals surface area contributed by atoms with Crippen molar-refractivity contribution >= 4 is 12.3 Å². The van der Waals surface area contributed by atoms with Crippen LogP contribution >= 0.6 is 0 Å². The SMILES string of the molecule is CCCCOC(=O)O.CCCCOC(=O)O.[Ni]. The fourth-order valence-electron chi connectivity index (χ4n) is 0.608. The molecule has 0 aliphatic rings. The Hall–Kier alpha value is -0.966. The van der Waals surface area contributed by atoms with Gasteiger partial charge in [-0.3, -0.25) is 0 Å². The first-order valence-corrected chi connectivity index (χ1v) is 5.26. The molecule has 106 valence electrons. The summed E-state index contributed by atoms with van der Waals surface area (Å²) in [5, 5.41) is 15.8. The Morgan fingerprint density at radius 1 is 0.882 bits per heavy atom. The summed E-state index contributed by atoms with van der Waals surface area (Å²) in [5.74, 6) is 0. The number of rotatable bonds is 6. The molecule has 6 nitrogen and oxygen atoms in total. The maximum absolute atomic E-state index is 9.65. The summed E-state index contributed by atoms with van der Waals surface area (Å²) in [6.45, 7) is 4.61. The molecule has 0 radical (unpaired) electrons. The minimum absolute atomic E-state index is 0. The van der Waals surface area contributed by atoms with E-state index in [4.69, 9.17) is 10.2 Å². The van der Waals surface area contributed by atoms with E-state index in [1.54, 1.807) is 0 Å². The maximum atomic E-state index is 9.65. The van der Waals surface area contributed by atoms with Crippen molar-refractivity contribution in [1.29, 1.82) is 0 Å². The monoisotopic (exact) mass is 294 g/mol.